The van der Waals surface area contributed by atoms with Gasteiger partial charge in [0.2, 0.25) is 17.7 Å². The summed E-state index contributed by atoms with van der Waals surface area (Å²) >= 11 is 1.44. The number of H-pyrrole nitrogens is 1. The summed E-state index contributed by atoms with van der Waals surface area (Å²) in [7, 11) is 0. The van der Waals surface area contributed by atoms with Crippen LogP contribution in [-0.2, 0) is 30.4 Å². The van der Waals surface area contributed by atoms with Crippen molar-refractivity contribution in [3.05, 3.63) is 18.2 Å². The Morgan fingerprint density at radius 1 is 1.09 bits per heavy atom. The van der Waals surface area contributed by atoms with E-state index in [2.05, 4.69) is 31.2 Å². The fraction of sp³-hybridized carbons (Fsp3) is 0.619. The van der Waals surface area contributed by atoms with Crippen LogP contribution < -0.4 is 21.3 Å². The largest absolute Gasteiger partial charge is 0.481 e. The second-order valence-corrected chi connectivity index (χ2v) is 9.15. The molecule has 1 aliphatic rings. The zero-order valence-corrected chi connectivity index (χ0v) is 20.2. The van der Waals surface area contributed by atoms with Gasteiger partial charge in [0.15, 0.2) is 0 Å². The molecule has 35 heavy (non-hydrogen) atoms. The van der Waals surface area contributed by atoms with Gasteiger partial charge < -0.3 is 36.5 Å². The molecule has 4 atom stereocenters. The van der Waals surface area contributed by atoms with Gasteiger partial charge in [0.05, 0.1) is 12.4 Å². The Balaban J connectivity index is 2.09. The summed E-state index contributed by atoms with van der Waals surface area (Å²) in [4.78, 5) is 67.8. The first kappa shape index (κ1) is 28.1. The summed E-state index contributed by atoms with van der Waals surface area (Å²) in [5.41, 5.74) is 0.513. The lowest BCUT2D eigenvalue weighted by molar-refractivity contribution is -0.142. The molecule has 0 radical (unpaired) electrons. The van der Waals surface area contributed by atoms with Gasteiger partial charge in [-0.3, -0.25) is 19.2 Å². The number of aromatic amines is 1. The van der Waals surface area contributed by atoms with E-state index in [-0.39, 0.29) is 25.7 Å². The number of aromatic nitrogens is 2. The third kappa shape index (κ3) is 9.56. The number of carboxylic acids is 2. The van der Waals surface area contributed by atoms with Gasteiger partial charge in [-0.1, -0.05) is 0 Å². The molecule has 1 aromatic rings. The quantitative estimate of drug-likeness (QED) is 0.150. The third-order valence-electron chi connectivity index (χ3n) is 5.49. The first-order chi connectivity index (χ1) is 16.7. The first-order valence-corrected chi connectivity index (χ1v) is 12.7. The van der Waals surface area contributed by atoms with Crippen molar-refractivity contribution < 1.29 is 34.2 Å². The summed E-state index contributed by atoms with van der Waals surface area (Å²) in [6, 6.07) is -3.96. The summed E-state index contributed by atoms with van der Waals surface area (Å²) < 4.78 is 0. The van der Waals surface area contributed by atoms with Crippen LogP contribution in [0.1, 0.15) is 37.8 Å². The maximum Gasteiger partial charge on any atom is 0.326 e. The number of nitrogens with one attached hydrogen (secondary N) is 5. The fourth-order valence-electron chi connectivity index (χ4n) is 3.58. The average Bonchev–Trinajstić information content (AvgIpc) is 3.52. The van der Waals surface area contributed by atoms with Crippen LogP contribution in [-0.4, -0.2) is 92.6 Å². The van der Waals surface area contributed by atoms with Gasteiger partial charge in [0, 0.05) is 24.7 Å². The highest BCUT2D eigenvalue weighted by molar-refractivity contribution is 7.98. The van der Waals surface area contributed by atoms with Gasteiger partial charge in [0.25, 0.3) is 0 Å². The Labute approximate surface area is 206 Å². The minimum atomic E-state index is -1.26. The number of rotatable bonds is 15. The highest BCUT2D eigenvalue weighted by Gasteiger charge is 2.31. The number of hydrogen-bond acceptors (Lipinski definition) is 8. The maximum atomic E-state index is 13.0. The Morgan fingerprint density at radius 3 is 2.31 bits per heavy atom. The number of imidazole rings is 1. The molecule has 0 saturated carbocycles. The topological polar surface area (TPSA) is 203 Å². The summed E-state index contributed by atoms with van der Waals surface area (Å²) in [6.07, 6.45) is 5.73. The number of carboxylic acid groups (broad SMARTS) is 2. The molecule has 0 aliphatic carbocycles. The second kappa shape index (κ2) is 14.3. The van der Waals surface area contributed by atoms with Crippen LogP contribution in [0.15, 0.2) is 12.5 Å². The minimum Gasteiger partial charge on any atom is -0.481 e. The highest BCUT2D eigenvalue weighted by atomic mass is 32.2. The molecule has 0 spiro atoms. The number of carbonyl (C=O) groups is 5. The molecule has 4 unspecified atom stereocenters. The lowest BCUT2D eigenvalue weighted by Crippen LogP contribution is -2.57. The number of aliphatic carboxylic acids is 2. The zero-order valence-electron chi connectivity index (χ0n) is 19.4. The van der Waals surface area contributed by atoms with Crippen molar-refractivity contribution in [3.63, 3.8) is 0 Å². The molecule has 1 saturated heterocycles. The van der Waals surface area contributed by atoms with Crippen LogP contribution >= 0.6 is 11.8 Å². The van der Waals surface area contributed by atoms with E-state index in [1.165, 1.54) is 24.3 Å². The summed E-state index contributed by atoms with van der Waals surface area (Å²) in [5, 5.41) is 29.2. The molecule has 2 rings (SSSR count). The number of thioether (sulfide) groups is 1. The van der Waals surface area contributed by atoms with E-state index >= 15 is 0 Å². The molecule has 13 nitrogen and oxygen atoms in total. The van der Waals surface area contributed by atoms with Gasteiger partial charge in [0.1, 0.15) is 18.1 Å². The molecule has 7 N–H and O–H groups in total. The molecule has 14 heteroatoms. The van der Waals surface area contributed by atoms with Crippen molar-refractivity contribution in [2.24, 2.45) is 0 Å². The van der Waals surface area contributed by atoms with Crippen molar-refractivity contribution in [2.45, 2.75) is 62.7 Å². The van der Waals surface area contributed by atoms with Gasteiger partial charge in [-0.2, -0.15) is 11.8 Å². The van der Waals surface area contributed by atoms with E-state index in [1.807, 2.05) is 6.26 Å². The first-order valence-electron chi connectivity index (χ1n) is 11.3. The molecule has 0 aromatic carbocycles. The van der Waals surface area contributed by atoms with Crippen molar-refractivity contribution in [1.82, 2.24) is 31.2 Å². The van der Waals surface area contributed by atoms with Crippen LogP contribution in [0.25, 0.3) is 0 Å². The van der Waals surface area contributed by atoms with E-state index in [1.54, 1.807) is 0 Å². The van der Waals surface area contributed by atoms with Crippen LogP contribution in [0.3, 0.4) is 0 Å². The van der Waals surface area contributed by atoms with Crippen molar-refractivity contribution >= 4 is 41.4 Å². The van der Waals surface area contributed by atoms with Crippen molar-refractivity contribution in [1.29, 1.82) is 0 Å². The van der Waals surface area contributed by atoms with Gasteiger partial charge in [-0.25, -0.2) is 9.78 Å². The molecule has 0 bridgehead atoms. The predicted octanol–water partition coefficient (Wildman–Crippen LogP) is -1.14. The fourth-order valence-corrected chi connectivity index (χ4v) is 4.05. The lowest BCUT2D eigenvalue weighted by Gasteiger charge is -2.25. The molecular weight excluding hydrogens is 480 g/mol. The van der Waals surface area contributed by atoms with Crippen LogP contribution in [0.5, 0.6) is 0 Å². The van der Waals surface area contributed by atoms with Crippen LogP contribution in [0, 0.1) is 0 Å². The SMILES string of the molecule is CSCCC(NC(=O)C(CCC(=O)O)NC(=O)C1CCCN1)C(=O)NC(Cc1cnc[nH]1)C(=O)O. The predicted molar refractivity (Wildman–Crippen MR) is 127 cm³/mol. The van der Waals surface area contributed by atoms with Gasteiger partial charge in [-0.15, -0.1) is 0 Å². The number of nitrogens with zero attached hydrogens (tertiary/aromatic N) is 1. The normalized spacial score (nSPS) is 17.7. The van der Waals surface area contributed by atoms with E-state index in [4.69, 9.17) is 5.11 Å². The Morgan fingerprint density at radius 2 is 1.77 bits per heavy atom. The lowest BCUT2D eigenvalue weighted by atomic mass is 10.1. The molecule has 1 aromatic heterocycles. The molecule has 194 valence electrons. The third-order valence-corrected chi connectivity index (χ3v) is 6.14. The monoisotopic (exact) mass is 512 g/mol. The molecular formula is C21H32N6O7S. The molecule has 1 fully saturated rings. The van der Waals surface area contributed by atoms with Crippen LogP contribution in [0.2, 0.25) is 0 Å². The Bertz CT molecular complexity index is 876. The van der Waals surface area contributed by atoms with E-state index < -0.39 is 53.8 Å². The zero-order chi connectivity index (χ0) is 25.8. The summed E-state index contributed by atoms with van der Waals surface area (Å²) in [6.45, 7) is 0.671. The number of carbonyl (C=O) groups excluding carboxylic acids is 3. The van der Waals surface area contributed by atoms with E-state index in [0.29, 0.717) is 24.4 Å². The highest BCUT2D eigenvalue weighted by Crippen LogP contribution is 2.09. The van der Waals surface area contributed by atoms with Crippen molar-refractivity contribution in [2.75, 3.05) is 18.6 Å². The molecule has 2 heterocycles. The maximum absolute atomic E-state index is 13.0. The van der Waals surface area contributed by atoms with E-state index in [0.717, 1.165) is 6.42 Å². The molecule has 1 aliphatic heterocycles. The number of hydrogen-bond donors (Lipinski definition) is 7. The van der Waals surface area contributed by atoms with Crippen molar-refractivity contribution in [3.8, 4) is 0 Å². The smallest absolute Gasteiger partial charge is 0.326 e. The molecule has 3 amide bonds. The average molecular weight is 513 g/mol. The standard InChI is InChI=1S/C21H32N6O7S/c1-35-8-6-15(20(32)27-16(21(33)34)9-12-10-22-11-24-12)26-19(31)14(4-5-17(28)29)25-18(30)13-3-2-7-23-13/h10-11,13-16,23H,2-9H2,1H3,(H,22,24)(H,25,30)(H,26,31)(H,27,32)(H,28,29)(H,33,34). The second-order valence-electron chi connectivity index (χ2n) is 8.17. The van der Waals surface area contributed by atoms with Gasteiger partial charge >= 0.3 is 11.9 Å². The summed E-state index contributed by atoms with van der Waals surface area (Å²) in [5.74, 6) is -3.70. The van der Waals surface area contributed by atoms with E-state index in [9.17, 15) is 29.1 Å². The number of amides is 3. The Kier molecular flexibility index (Phi) is 11.5. The van der Waals surface area contributed by atoms with Gasteiger partial charge in [-0.05, 0) is 44.2 Å². The minimum absolute atomic E-state index is 0.0318. The van der Waals surface area contributed by atoms with Crippen LogP contribution in [0.4, 0.5) is 0 Å². The Hall–Kier alpha value is -3.13.